The lowest BCUT2D eigenvalue weighted by Crippen LogP contribution is -2.40. The van der Waals surface area contributed by atoms with E-state index in [9.17, 15) is 4.79 Å². The fraction of sp³-hybridized carbons (Fsp3) is 0.533. The van der Waals surface area contributed by atoms with Crippen LogP contribution in [0.3, 0.4) is 0 Å². The maximum absolute atomic E-state index is 12.4. The number of amides is 1. The molecule has 0 spiro atoms. The summed E-state index contributed by atoms with van der Waals surface area (Å²) in [6, 6.07) is 7.51. The van der Waals surface area contributed by atoms with E-state index in [1.807, 2.05) is 36.2 Å². The lowest BCUT2D eigenvalue weighted by atomic mass is 9.82. The first-order chi connectivity index (χ1) is 9.00. The number of hydrogen-bond acceptors (Lipinski definition) is 2. The first-order valence-electron chi connectivity index (χ1n) is 6.59. The Labute approximate surface area is 123 Å². The molecular formula is C15H20BrNO2. The van der Waals surface area contributed by atoms with Gasteiger partial charge < -0.3 is 9.64 Å². The van der Waals surface area contributed by atoms with E-state index in [0.29, 0.717) is 0 Å². The fourth-order valence-corrected chi connectivity index (χ4v) is 2.74. The highest BCUT2D eigenvalue weighted by atomic mass is 79.9. The predicted octanol–water partition coefficient (Wildman–Crippen LogP) is 3.34. The highest BCUT2D eigenvalue weighted by Crippen LogP contribution is 2.30. The average molecular weight is 326 g/mol. The van der Waals surface area contributed by atoms with E-state index in [4.69, 9.17) is 4.74 Å². The van der Waals surface area contributed by atoms with Gasteiger partial charge in [-0.2, -0.15) is 0 Å². The highest BCUT2D eigenvalue weighted by Gasteiger charge is 2.30. The molecule has 0 bridgehead atoms. The van der Waals surface area contributed by atoms with Gasteiger partial charge in [0.2, 0.25) is 0 Å². The second-order valence-corrected chi connectivity index (χ2v) is 6.51. The van der Waals surface area contributed by atoms with E-state index in [2.05, 4.69) is 22.9 Å². The second kappa shape index (κ2) is 6.06. The van der Waals surface area contributed by atoms with Gasteiger partial charge in [0.25, 0.3) is 5.91 Å². The summed E-state index contributed by atoms with van der Waals surface area (Å²) in [6.45, 7) is 4.62. The summed E-state index contributed by atoms with van der Waals surface area (Å²) in [4.78, 5) is 14.2. The number of carbonyl (C=O) groups is 1. The van der Waals surface area contributed by atoms with Crippen LogP contribution in [0.2, 0.25) is 0 Å². The van der Waals surface area contributed by atoms with Crippen molar-refractivity contribution >= 4 is 21.8 Å². The Balaban J connectivity index is 2.00. The van der Waals surface area contributed by atoms with E-state index in [1.165, 1.54) is 0 Å². The summed E-state index contributed by atoms with van der Waals surface area (Å²) in [5.74, 6) is 0.0835. The van der Waals surface area contributed by atoms with Crippen molar-refractivity contribution in [2.75, 3.05) is 26.8 Å². The molecule has 1 heterocycles. The Bertz CT molecular complexity index is 438. The normalized spacial score (nSPS) is 18.1. The average Bonchev–Trinajstić information content (AvgIpc) is 2.39. The minimum absolute atomic E-state index is 0.0835. The molecule has 104 valence electrons. The van der Waals surface area contributed by atoms with Crippen molar-refractivity contribution < 1.29 is 9.53 Å². The van der Waals surface area contributed by atoms with Crippen LogP contribution in [-0.4, -0.2) is 37.6 Å². The molecule has 1 aliphatic rings. The largest absolute Gasteiger partial charge is 0.381 e. The molecule has 1 aromatic carbocycles. The third-order valence-corrected chi connectivity index (χ3v) is 4.29. The van der Waals surface area contributed by atoms with Gasteiger partial charge in [-0.05, 0) is 42.5 Å². The first-order valence-corrected chi connectivity index (χ1v) is 7.38. The number of carbonyl (C=O) groups excluding carboxylic acids is 1. The molecule has 2 rings (SSSR count). The van der Waals surface area contributed by atoms with Crippen molar-refractivity contribution in [3.05, 3.63) is 34.3 Å². The third kappa shape index (κ3) is 3.80. The Kier molecular flexibility index (Phi) is 4.63. The third-order valence-electron chi connectivity index (χ3n) is 3.76. The summed E-state index contributed by atoms with van der Waals surface area (Å²) in [6.07, 6.45) is 2.04. The molecule has 3 nitrogen and oxygen atoms in total. The zero-order chi connectivity index (χ0) is 13.9. The van der Waals surface area contributed by atoms with E-state index >= 15 is 0 Å². The van der Waals surface area contributed by atoms with Crippen LogP contribution in [0.5, 0.6) is 0 Å². The fourth-order valence-electron chi connectivity index (χ4n) is 2.48. The molecule has 1 saturated heterocycles. The highest BCUT2D eigenvalue weighted by molar-refractivity contribution is 9.10. The van der Waals surface area contributed by atoms with Crippen molar-refractivity contribution in [2.24, 2.45) is 5.41 Å². The van der Waals surface area contributed by atoms with Crippen LogP contribution >= 0.6 is 15.9 Å². The molecule has 0 aromatic heterocycles. The Morgan fingerprint density at radius 1 is 1.32 bits per heavy atom. The number of hydrogen-bond donors (Lipinski definition) is 0. The Hall–Kier alpha value is -0.870. The van der Waals surface area contributed by atoms with Gasteiger partial charge in [0, 0.05) is 36.8 Å². The zero-order valence-corrected chi connectivity index (χ0v) is 13.1. The molecule has 0 atom stereocenters. The standard InChI is InChI=1S/C15H20BrNO2/c1-15(7-9-19-10-8-15)11-17(2)14(18)12-3-5-13(16)6-4-12/h3-6H,7-11H2,1-2H3. The minimum atomic E-state index is 0.0835. The van der Waals surface area contributed by atoms with Gasteiger partial charge in [-0.3, -0.25) is 4.79 Å². The molecule has 4 heteroatoms. The van der Waals surface area contributed by atoms with Gasteiger partial charge in [0.1, 0.15) is 0 Å². The van der Waals surface area contributed by atoms with Gasteiger partial charge in [-0.1, -0.05) is 22.9 Å². The number of rotatable bonds is 3. The molecule has 1 fully saturated rings. The molecule has 0 radical (unpaired) electrons. The smallest absolute Gasteiger partial charge is 0.253 e. The van der Waals surface area contributed by atoms with Crippen LogP contribution < -0.4 is 0 Å². The number of ether oxygens (including phenoxy) is 1. The lowest BCUT2D eigenvalue weighted by molar-refractivity contribution is 0.00917. The molecular weight excluding hydrogens is 306 g/mol. The number of nitrogens with zero attached hydrogens (tertiary/aromatic N) is 1. The molecule has 1 aliphatic heterocycles. The van der Waals surface area contributed by atoms with Crippen LogP contribution in [0.1, 0.15) is 30.1 Å². The van der Waals surface area contributed by atoms with Gasteiger partial charge >= 0.3 is 0 Å². The van der Waals surface area contributed by atoms with Crippen LogP contribution in [0.25, 0.3) is 0 Å². The van der Waals surface area contributed by atoms with E-state index < -0.39 is 0 Å². The SMILES string of the molecule is CN(CC1(C)CCOCC1)C(=O)c1ccc(Br)cc1. The van der Waals surface area contributed by atoms with Crippen molar-refractivity contribution in [2.45, 2.75) is 19.8 Å². The zero-order valence-electron chi connectivity index (χ0n) is 11.5. The van der Waals surface area contributed by atoms with Crippen LogP contribution in [-0.2, 0) is 4.74 Å². The lowest BCUT2D eigenvalue weighted by Gasteiger charge is -2.36. The Morgan fingerprint density at radius 3 is 2.47 bits per heavy atom. The summed E-state index contributed by atoms with van der Waals surface area (Å²) in [7, 11) is 1.88. The molecule has 19 heavy (non-hydrogen) atoms. The van der Waals surface area contributed by atoms with E-state index in [-0.39, 0.29) is 11.3 Å². The maximum Gasteiger partial charge on any atom is 0.253 e. The maximum atomic E-state index is 12.4. The van der Waals surface area contributed by atoms with Crippen molar-refractivity contribution in [3.63, 3.8) is 0 Å². The monoisotopic (exact) mass is 325 g/mol. The Morgan fingerprint density at radius 2 is 1.89 bits per heavy atom. The van der Waals surface area contributed by atoms with Gasteiger partial charge in [-0.25, -0.2) is 0 Å². The van der Waals surface area contributed by atoms with E-state index in [1.54, 1.807) is 0 Å². The topological polar surface area (TPSA) is 29.5 Å². The molecule has 1 amide bonds. The first kappa shape index (κ1) is 14.5. The van der Waals surface area contributed by atoms with Crippen molar-refractivity contribution in [3.8, 4) is 0 Å². The van der Waals surface area contributed by atoms with E-state index in [0.717, 1.165) is 42.6 Å². The van der Waals surface area contributed by atoms with Crippen molar-refractivity contribution in [1.29, 1.82) is 0 Å². The second-order valence-electron chi connectivity index (χ2n) is 5.59. The number of halogens is 1. The summed E-state index contributed by atoms with van der Waals surface area (Å²) in [5, 5.41) is 0. The predicted molar refractivity (Wildman–Crippen MR) is 79.3 cm³/mol. The summed E-state index contributed by atoms with van der Waals surface area (Å²) >= 11 is 3.38. The van der Waals surface area contributed by atoms with Crippen LogP contribution in [0, 0.1) is 5.41 Å². The summed E-state index contributed by atoms with van der Waals surface area (Å²) in [5.41, 5.74) is 0.916. The molecule has 0 N–H and O–H groups in total. The van der Waals surface area contributed by atoms with Crippen LogP contribution in [0.4, 0.5) is 0 Å². The summed E-state index contributed by atoms with van der Waals surface area (Å²) < 4.78 is 6.39. The number of benzene rings is 1. The van der Waals surface area contributed by atoms with Gasteiger partial charge in [0.05, 0.1) is 0 Å². The molecule has 0 unspecified atom stereocenters. The van der Waals surface area contributed by atoms with Crippen molar-refractivity contribution in [1.82, 2.24) is 4.90 Å². The molecule has 0 aliphatic carbocycles. The van der Waals surface area contributed by atoms with Gasteiger partial charge in [0.15, 0.2) is 0 Å². The minimum Gasteiger partial charge on any atom is -0.381 e. The quantitative estimate of drug-likeness (QED) is 0.853. The van der Waals surface area contributed by atoms with Gasteiger partial charge in [-0.15, -0.1) is 0 Å². The van der Waals surface area contributed by atoms with Crippen LogP contribution in [0.15, 0.2) is 28.7 Å². The molecule has 1 aromatic rings. The molecule has 0 saturated carbocycles.